The molecule has 1 heterocycles. The number of anilines is 1. The van der Waals surface area contributed by atoms with E-state index in [4.69, 9.17) is 4.74 Å². The number of ether oxygens (including phenoxy) is 1. The molecule has 4 heteroatoms. The van der Waals surface area contributed by atoms with Crippen LogP contribution in [0.4, 0.5) is 5.69 Å². The summed E-state index contributed by atoms with van der Waals surface area (Å²) in [5.74, 6) is -0.0823. The summed E-state index contributed by atoms with van der Waals surface area (Å²) in [7, 11) is 1.61. The zero-order chi connectivity index (χ0) is 23.5. The molecule has 5 rings (SSSR count). The third-order valence-electron chi connectivity index (χ3n) is 6.58. The smallest absolute Gasteiger partial charge is 0.250 e. The highest BCUT2D eigenvalue weighted by Gasteiger charge is 2.61. The predicted molar refractivity (Wildman–Crippen MR) is 134 cm³/mol. The molecule has 0 radical (unpaired) electrons. The van der Waals surface area contributed by atoms with Crippen LogP contribution in [0.5, 0.6) is 5.75 Å². The van der Waals surface area contributed by atoms with Crippen LogP contribution in [-0.4, -0.2) is 18.8 Å². The normalized spacial score (nSPS) is 21.1. The number of nitrogens with zero attached hydrogens (tertiary/aromatic N) is 1. The van der Waals surface area contributed by atoms with Gasteiger partial charge in [-0.2, -0.15) is 0 Å². The Bertz CT molecular complexity index is 1290. The fourth-order valence-electron chi connectivity index (χ4n) is 4.98. The van der Waals surface area contributed by atoms with Gasteiger partial charge in [-0.1, -0.05) is 85.0 Å². The Morgan fingerprint density at radius 3 is 2.24 bits per heavy atom. The second kappa shape index (κ2) is 8.99. The summed E-state index contributed by atoms with van der Waals surface area (Å²) in [5.41, 5.74) is 1.71. The van der Waals surface area contributed by atoms with Gasteiger partial charge in [-0.05, 0) is 41.5 Å². The molecule has 168 valence electrons. The minimum Gasteiger partial charge on any atom is -0.497 e. The summed E-state index contributed by atoms with van der Waals surface area (Å²) in [6.07, 6.45) is 9.85. The molecule has 3 aromatic rings. The number of Topliss-reactive ketones (excluding diaryl/α,β-unsaturated/α-hetero) is 1. The summed E-state index contributed by atoms with van der Waals surface area (Å²) in [5, 5.41) is 0. The molecule has 34 heavy (non-hydrogen) atoms. The standard InChI is InChI=1S/C30H25NO3/c1-34-25-19-17-24(18-20-25)31-27-16-10-4-9-15-26(27)30(29(31)33,23-13-7-3-8-14-23)28(32)21-22-11-5-2-6-12-22/h2-20,26H,21H2,1H3/t26-,30-/m0/s1. The van der Waals surface area contributed by atoms with Crippen LogP contribution >= 0.6 is 0 Å². The van der Waals surface area contributed by atoms with Crippen molar-refractivity contribution in [3.8, 4) is 5.75 Å². The summed E-state index contributed by atoms with van der Waals surface area (Å²) in [4.78, 5) is 30.4. The monoisotopic (exact) mass is 447 g/mol. The number of carbonyl (C=O) groups excluding carboxylic acids is 2. The maximum Gasteiger partial charge on any atom is 0.250 e. The highest BCUT2D eigenvalue weighted by molar-refractivity contribution is 6.22. The Balaban J connectivity index is 1.71. The van der Waals surface area contributed by atoms with E-state index < -0.39 is 11.3 Å². The molecule has 2 aliphatic rings. The van der Waals surface area contributed by atoms with Crippen molar-refractivity contribution in [2.45, 2.75) is 11.8 Å². The van der Waals surface area contributed by atoms with Crippen molar-refractivity contribution in [3.05, 3.63) is 132 Å². The summed E-state index contributed by atoms with van der Waals surface area (Å²) in [6.45, 7) is 0. The van der Waals surface area contributed by atoms with Crippen molar-refractivity contribution in [2.24, 2.45) is 5.92 Å². The second-order valence-electron chi connectivity index (χ2n) is 8.44. The summed E-state index contributed by atoms with van der Waals surface area (Å²) in [6, 6.07) is 26.4. The zero-order valence-electron chi connectivity index (χ0n) is 18.9. The third kappa shape index (κ3) is 3.48. The predicted octanol–water partition coefficient (Wildman–Crippen LogP) is 5.42. The number of amides is 1. The number of fused-ring (bicyclic) bond motifs is 1. The van der Waals surface area contributed by atoms with Crippen LogP contribution in [0.25, 0.3) is 0 Å². The first-order valence-electron chi connectivity index (χ1n) is 11.3. The highest BCUT2D eigenvalue weighted by Crippen LogP contribution is 2.50. The Morgan fingerprint density at radius 1 is 0.882 bits per heavy atom. The molecule has 1 saturated heterocycles. The molecule has 1 aliphatic heterocycles. The topological polar surface area (TPSA) is 46.6 Å². The Labute approximate surface area is 199 Å². The van der Waals surface area contributed by atoms with Crippen LogP contribution in [0.2, 0.25) is 0 Å². The third-order valence-corrected chi connectivity index (χ3v) is 6.58. The molecule has 1 aliphatic carbocycles. The van der Waals surface area contributed by atoms with Gasteiger partial charge >= 0.3 is 0 Å². The number of allylic oxidation sites excluding steroid dienone is 5. The fourth-order valence-corrected chi connectivity index (χ4v) is 4.98. The second-order valence-corrected chi connectivity index (χ2v) is 8.44. The number of carbonyl (C=O) groups is 2. The van der Waals surface area contributed by atoms with Crippen molar-refractivity contribution in [1.82, 2.24) is 0 Å². The van der Waals surface area contributed by atoms with Crippen LogP contribution in [0, 0.1) is 5.92 Å². The lowest BCUT2D eigenvalue weighted by molar-refractivity contribution is -0.133. The minimum absolute atomic E-state index is 0.117. The van der Waals surface area contributed by atoms with Gasteiger partial charge in [0.2, 0.25) is 0 Å². The van der Waals surface area contributed by atoms with Gasteiger partial charge in [0.15, 0.2) is 5.78 Å². The van der Waals surface area contributed by atoms with Gasteiger partial charge in [0.25, 0.3) is 5.91 Å². The first kappa shape index (κ1) is 21.7. The van der Waals surface area contributed by atoms with E-state index in [1.807, 2.05) is 115 Å². The van der Waals surface area contributed by atoms with E-state index in [0.717, 1.165) is 11.3 Å². The average molecular weight is 448 g/mol. The van der Waals surface area contributed by atoms with Gasteiger partial charge in [-0.15, -0.1) is 0 Å². The van der Waals surface area contributed by atoms with Crippen LogP contribution in [-0.2, 0) is 21.4 Å². The molecule has 2 atom stereocenters. The van der Waals surface area contributed by atoms with E-state index in [9.17, 15) is 9.59 Å². The lowest BCUT2D eigenvalue weighted by atomic mass is 9.66. The van der Waals surface area contributed by atoms with E-state index in [0.29, 0.717) is 17.0 Å². The molecular weight excluding hydrogens is 422 g/mol. The van der Waals surface area contributed by atoms with Crippen molar-refractivity contribution in [3.63, 3.8) is 0 Å². The number of ketones is 1. The molecule has 3 aromatic carbocycles. The average Bonchev–Trinajstić information content (AvgIpc) is 2.99. The molecule has 0 N–H and O–H groups in total. The quantitative estimate of drug-likeness (QED) is 0.474. The van der Waals surface area contributed by atoms with Gasteiger partial charge < -0.3 is 4.74 Å². The summed E-state index contributed by atoms with van der Waals surface area (Å²) >= 11 is 0. The molecule has 0 bridgehead atoms. The van der Waals surface area contributed by atoms with E-state index in [-0.39, 0.29) is 18.1 Å². The van der Waals surface area contributed by atoms with Crippen LogP contribution in [0.1, 0.15) is 11.1 Å². The van der Waals surface area contributed by atoms with Crippen molar-refractivity contribution in [1.29, 1.82) is 0 Å². The molecule has 1 amide bonds. The first-order chi connectivity index (χ1) is 16.7. The molecule has 0 aromatic heterocycles. The Morgan fingerprint density at radius 2 is 1.56 bits per heavy atom. The lowest BCUT2D eigenvalue weighted by Crippen LogP contribution is -2.48. The van der Waals surface area contributed by atoms with Crippen LogP contribution in [0.15, 0.2) is 121 Å². The van der Waals surface area contributed by atoms with Crippen molar-refractivity contribution < 1.29 is 14.3 Å². The van der Waals surface area contributed by atoms with Gasteiger partial charge in [0.1, 0.15) is 11.2 Å². The molecule has 0 unspecified atom stereocenters. The number of rotatable bonds is 6. The highest BCUT2D eigenvalue weighted by atomic mass is 16.5. The number of hydrogen-bond donors (Lipinski definition) is 0. The first-order valence-corrected chi connectivity index (χ1v) is 11.3. The van der Waals surface area contributed by atoms with E-state index >= 15 is 0 Å². The van der Waals surface area contributed by atoms with Crippen LogP contribution in [0.3, 0.4) is 0 Å². The fraction of sp³-hybridized carbons (Fsp3) is 0.133. The Kier molecular flexibility index (Phi) is 5.72. The maximum absolute atomic E-state index is 14.5. The lowest BCUT2D eigenvalue weighted by Gasteiger charge is -2.30. The molecule has 1 fully saturated rings. The largest absolute Gasteiger partial charge is 0.497 e. The minimum atomic E-state index is -1.37. The molecule has 0 saturated carbocycles. The van der Waals surface area contributed by atoms with Gasteiger partial charge in [0, 0.05) is 23.7 Å². The number of benzene rings is 3. The van der Waals surface area contributed by atoms with E-state index in [1.54, 1.807) is 12.0 Å². The van der Waals surface area contributed by atoms with Crippen molar-refractivity contribution in [2.75, 3.05) is 12.0 Å². The Hall–Kier alpha value is -4.18. The maximum atomic E-state index is 14.5. The molecule has 4 nitrogen and oxygen atoms in total. The zero-order valence-corrected chi connectivity index (χ0v) is 18.9. The summed E-state index contributed by atoms with van der Waals surface area (Å²) < 4.78 is 5.31. The molecular formula is C30H25NO3. The van der Waals surface area contributed by atoms with Crippen molar-refractivity contribution >= 4 is 17.4 Å². The van der Waals surface area contributed by atoms with Gasteiger partial charge in [0.05, 0.1) is 7.11 Å². The van der Waals surface area contributed by atoms with E-state index in [1.165, 1.54) is 0 Å². The molecule has 0 spiro atoms. The number of hydrogen-bond acceptors (Lipinski definition) is 3. The SMILES string of the molecule is COc1ccc(N2C(=O)[C@@](C(=O)Cc3ccccc3)(c3ccccc3)[C@H]3C=CC=CC=C32)cc1. The van der Waals surface area contributed by atoms with E-state index in [2.05, 4.69) is 0 Å². The van der Waals surface area contributed by atoms with Gasteiger partial charge in [-0.3, -0.25) is 14.5 Å². The van der Waals surface area contributed by atoms with Gasteiger partial charge in [-0.25, -0.2) is 0 Å². The number of methoxy groups -OCH3 is 1. The van der Waals surface area contributed by atoms with Crippen LogP contribution < -0.4 is 9.64 Å².